The Morgan fingerprint density at radius 1 is 0.964 bits per heavy atom. The molecule has 5 rings (SSSR count). The molecule has 0 amide bonds. The summed E-state index contributed by atoms with van der Waals surface area (Å²) in [5.41, 5.74) is 3.11. The highest BCUT2D eigenvalue weighted by molar-refractivity contribution is 5.93. The van der Waals surface area contributed by atoms with Crippen molar-refractivity contribution >= 4 is 16.9 Å². The van der Waals surface area contributed by atoms with Crippen LogP contribution in [0.15, 0.2) is 67.3 Å². The fourth-order valence-electron chi connectivity index (χ4n) is 4.01. The number of hydrogen-bond donors (Lipinski definition) is 0. The van der Waals surface area contributed by atoms with Gasteiger partial charge in [0.1, 0.15) is 12.7 Å². The van der Waals surface area contributed by atoms with E-state index in [1.807, 2.05) is 22.9 Å². The first-order valence-electron chi connectivity index (χ1n) is 9.76. The second kappa shape index (κ2) is 7.38. The van der Waals surface area contributed by atoms with Gasteiger partial charge < -0.3 is 4.90 Å². The lowest BCUT2D eigenvalue weighted by Crippen LogP contribution is -2.38. The summed E-state index contributed by atoms with van der Waals surface area (Å²) in [6.07, 6.45) is 5.71. The van der Waals surface area contributed by atoms with Gasteiger partial charge in [0, 0.05) is 30.6 Å². The first-order valence-corrected chi connectivity index (χ1v) is 9.76. The molecule has 28 heavy (non-hydrogen) atoms. The molecule has 6 heteroatoms. The Morgan fingerprint density at radius 3 is 2.68 bits per heavy atom. The van der Waals surface area contributed by atoms with Crippen LogP contribution in [-0.2, 0) is 6.54 Å². The first kappa shape index (κ1) is 16.9. The van der Waals surface area contributed by atoms with Crippen molar-refractivity contribution < 1.29 is 0 Å². The van der Waals surface area contributed by atoms with E-state index in [0.717, 1.165) is 54.2 Å². The van der Waals surface area contributed by atoms with Crippen LogP contribution in [0.5, 0.6) is 0 Å². The van der Waals surface area contributed by atoms with Crippen molar-refractivity contribution in [1.82, 2.24) is 24.7 Å². The molecule has 3 heterocycles. The molecule has 1 saturated heterocycles. The van der Waals surface area contributed by atoms with Gasteiger partial charge in [-0.1, -0.05) is 48.5 Å². The monoisotopic (exact) mass is 370 g/mol. The molecule has 1 aliphatic heterocycles. The molecule has 0 aliphatic carbocycles. The van der Waals surface area contributed by atoms with Crippen molar-refractivity contribution in [3.05, 3.63) is 67.3 Å². The maximum atomic E-state index is 5.01. The van der Waals surface area contributed by atoms with Crippen LogP contribution >= 0.6 is 0 Å². The Kier molecular flexibility index (Phi) is 4.45. The summed E-state index contributed by atoms with van der Waals surface area (Å²) in [6.45, 7) is 2.81. The number of aromatic nitrogens is 5. The van der Waals surface area contributed by atoms with Gasteiger partial charge in [-0.05, 0) is 24.8 Å². The van der Waals surface area contributed by atoms with Crippen molar-refractivity contribution in [2.75, 3.05) is 18.0 Å². The summed E-state index contributed by atoms with van der Waals surface area (Å²) in [7, 11) is 0. The molecule has 2 aromatic carbocycles. The van der Waals surface area contributed by atoms with Gasteiger partial charge in [-0.25, -0.2) is 15.0 Å². The van der Waals surface area contributed by atoms with Crippen LogP contribution in [0, 0.1) is 5.92 Å². The molecule has 2 aromatic heterocycles. The molecule has 6 nitrogen and oxygen atoms in total. The average Bonchev–Trinajstić information content (AvgIpc) is 3.27. The number of anilines is 1. The predicted octanol–water partition coefficient (Wildman–Crippen LogP) is 3.80. The highest BCUT2D eigenvalue weighted by Gasteiger charge is 2.23. The van der Waals surface area contributed by atoms with E-state index in [9.17, 15) is 0 Å². The van der Waals surface area contributed by atoms with E-state index in [4.69, 9.17) is 9.97 Å². The molecule has 1 fully saturated rings. The van der Waals surface area contributed by atoms with E-state index < -0.39 is 0 Å². The zero-order valence-electron chi connectivity index (χ0n) is 15.6. The van der Waals surface area contributed by atoms with E-state index in [1.165, 1.54) is 6.42 Å². The minimum absolute atomic E-state index is 0.519. The van der Waals surface area contributed by atoms with Gasteiger partial charge in [-0.2, -0.15) is 5.10 Å². The highest BCUT2D eigenvalue weighted by Crippen LogP contribution is 2.30. The van der Waals surface area contributed by atoms with Crippen LogP contribution in [0.25, 0.3) is 22.2 Å². The zero-order valence-corrected chi connectivity index (χ0v) is 15.6. The number of piperidine rings is 1. The maximum absolute atomic E-state index is 5.01. The number of rotatable bonds is 4. The minimum Gasteiger partial charge on any atom is -0.340 e. The minimum atomic E-state index is 0.519. The van der Waals surface area contributed by atoms with Crippen LogP contribution in [-0.4, -0.2) is 37.8 Å². The molecule has 0 bridgehead atoms. The molecule has 140 valence electrons. The van der Waals surface area contributed by atoms with Gasteiger partial charge in [-0.15, -0.1) is 0 Å². The van der Waals surface area contributed by atoms with Crippen LogP contribution in [0.1, 0.15) is 12.8 Å². The fraction of sp³-hybridized carbons (Fsp3) is 0.273. The van der Waals surface area contributed by atoms with E-state index in [0.29, 0.717) is 5.92 Å². The third-order valence-corrected chi connectivity index (χ3v) is 5.35. The van der Waals surface area contributed by atoms with Crippen molar-refractivity contribution in [3.63, 3.8) is 0 Å². The van der Waals surface area contributed by atoms with Crippen LogP contribution in [0.4, 0.5) is 5.95 Å². The molecule has 0 saturated carbocycles. The highest BCUT2D eigenvalue weighted by atomic mass is 15.3. The number of nitrogens with zero attached hydrogens (tertiary/aromatic N) is 6. The second-order valence-corrected chi connectivity index (χ2v) is 7.33. The molecule has 1 atom stereocenters. The first-order chi connectivity index (χ1) is 13.9. The van der Waals surface area contributed by atoms with Crippen LogP contribution in [0.3, 0.4) is 0 Å². The summed E-state index contributed by atoms with van der Waals surface area (Å²) >= 11 is 0. The Labute approximate surface area is 163 Å². The second-order valence-electron chi connectivity index (χ2n) is 7.33. The zero-order chi connectivity index (χ0) is 18.8. The number of fused-ring (bicyclic) bond motifs is 1. The summed E-state index contributed by atoms with van der Waals surface area (Å²) in [6, 6.07) is 18.6. The Bertz CT molecular complexity index is 1060. The van der Waals surface area contributed by atoms with Crippen molar-refractivity contribution in [1.29, 1.82) is 0 Å². The Morgan fingerprint density at radius 2 is 1.82 bits per heavy atom. The van der Waals surface area contributed by atoms with Gasteiger partial charge in [0.25, 0.3) is 0 Å². The molecular formula is C22H22N6. The quantitative estimate of drug-likeness (QED) is 0.547. The molecule has 4 aromatic rings. The number of para-hydroxylation sites is 1. The maximum Gasteiger partial charge on any atom is 0.226 e. The van der Waals surface area contributed by atoms with Gasteiger partial charge in [0.05, 0.1) is 11.2 Å². The molecule has 1 aliphatic rings. The van der Waals surface area contributed by atoms with Gasteiger partial charge in [-0.3, -0.25) is 4.68 Å². The average molecular weight is 370 g/mol. The Balaban J connectivity index is 1.50. The summed E-state index contributed by atoms with van der Waals surface area (Å²) in [5.74, 6) is 1.34. The normalized spacial score (nSPS) is 17.1. The topological polar surface area (TPSA) is 59.7 Å². The molecule has 1 unspecified atom stereocenters. The summed E-state index contributed by atoms with van der Waals surface area (Å²) in [4.78, 5) is 16.3. The lowest BCUT2D eigenvalue weighted by molar-refractivity contribution is 0.349. The van der Waals surface area contributed by atoms with Crippen molar-refractivity contribution in [2.45, 2.75) is 19.4 Å². The van der Waals surface area contributed by atoms with Crippen molar-refractivity contribution in [2.24, 2.45) is 5.92 Å². The predicted molar refractivity (Wildman–Crippen MR) is 110 cm³/mol. The standard InChI is InChI=1S/C22H22N6/c1-2-8-18(9-3-1)21-19-10-4-5-11-20(19)25-22(26-21)27-12-6-7-17(13-27)14-28-16-23-15-24-28/h1-5,8-11,15-17H,6-7,12-14H2. The molecule has 0 spiro atoms. The molecular weight excluding hydrogens is 348 g/mol. The van der Waals surface area contributed by atoms with E-state index in [2.05, 4.69) is 51.4 Å². The van der Waals surface area contributed by atoms with Crippen LogP contribution in [0.2, 0.25) is 0 Å². The molecule has 0 radical (unpaired) electrons. The number of hydrogen-bond acceptors (Lipinski definition) is 5. The smallest absolute Gasteiger partial charge is 0.226 e. The Hall–Kier alpha value is -3.28. The van der Waals surface area contributed by atoms with Gasteiger partial charge >= 0.3 is 0 Å². The summed E-state index contributed by atoms with van der Waals surface area (Å²) in [5, 5.41) is 5.35. The molecule has 0 N–H and O–H groups in total. The lowest BCUT2D eigenvalue weighted by atomic mass is 9.98. The fourth-order valence-corrected chi connectivity index (χ4v) is 4.01. The lowest BCUT2D eigenvalue weighted by Gasteiger charge is -2.33. The van der Waals surface area contributed by atoms with Crippen molar-refractivity contribution in [3.8, 4) is 11.3 Å². The third kappa shape index (κ3) is 3.33. The summed E-state index contributed by atoms with van der Waals surface area (Å²) < 4.78 is 1.92. The third-order valence-electron chi connectivity index (χ3n) is 5.35. The van der Waals surface area contributed by atoms with Gasteiger partial charge in [0.15, 0.2) is 0 Å². The van der Waals surface area contributed by atoms with E-state index in [-0.39, 0.29) is 0 Å². The van der Waals surface area contributed by atoms with E-state index in [1.54, 1.807) is 12.7 Å². The van der Waals surface area contributed by atoms with Crippen LogP contribution < -0.4 is 4.90 Å². The number of benzene rings is 2. The van der Waals surface area contributed by atoms with Gasteiger partial charge in [0.2, 0.25) is 5.95 Å². The van der Waals surface area contributed by atoms with E-state index >= 15 is 0 Å². The largest absolute Gasteiger partial charge is 0.340 e. The SMILES string of the molecule is c1ccc(-c2nc(N3CCCC(Cn4cncn4)C3)nc3ccccc23)cc1.